The number of allylic oxidation sites excluding steroid dienone is 1. The lowest BCUT2D eigenvalue weighted by molar-refractivity contribution is 0.110. The Kier molecular flexibility index (Phi) is 3.33. The van der Waals surface area contributed by atoms with E-state index in [-0.39, 0.29) is 6.10 Å². The van der Waals surface area contributed by atoms with Crippen molar-refractivity contribution in [2.24, 2.45) is 11.8 Å². The lowest BCUT2D eigenvalue weighted by Gasteiger charge is -2.32. The predicted octanol–water partition coefficient (Wildman–Crippen LogP) is 2.75. The van der Waals surface area contributed by atoms with Gasteiger partial charge in [0, 0.05) is 0 Å². The van der Waals surface area contributed by atoms with Crippen LogP contribution in [-0.2, 0) is 0 Å². The van der Waals surface area contributed by atoms with Crippen LogP contribution in [0.15, 0.2) is 11.6 Å². The third-order valence-electron chi connectivity index (χ3n) is 3.02. The van der Waals surface area contributed by atoms with Crippen LogP contribution in [0.2, 0.25) is 0 Å². The van der Waals surface area contributed by atoms with Crippen molar-refractivity contribution in [2.45, 2.75) is 46.1 Å². The van der Waals surface area contributed by atoms with Crippen LogP contribution in [0.5, 0.6) is 0 Å². The Bertz CT molecular complexity index is 172. The van der Waals surface area contributed by atoms with Gasteiger partial charge >= 0.3 is 0 Å². The van der Waals surface area contributed by atoms with Crippen molar-refractivity contribution in [3.63, 3.8) is 0 Å². The predicted molar refractivity (Wildman–Crippen MR) is 51.9 cm³/mol. The van der Waals surface area contributed by atoms with Crippen molar-refractivity contribution in [3.05, 3.63) is 11.6 Å². The molecule has 0 aromatic carbocycles. The Morgan fingerprint density at radius 1 is 1.50 bits per heavy atom. The van der Waals surface area contributed by atoms with Gasteiger partial charge in [0.2, 0.25) is 0 Å². The Hall–Kier alpha value is -0.300. The maximum atomic E-state index is 9.55. The number of hydrogen-bond donors (Lipinski definition) is 1. The highest BCUT2D eigenvalue weighted by Gasteiger charge is 2.26. The molecule has 12 heavy (non-hydrogen) atoms. The smallest absolute Gasteiger partial charge is 0.0580 e. The largest absolute Gasteiger partial charge is 0.393 e. The number of hydrogen-bond acceptors (Lipinski definition) is 1. The van der Waals surface area contributed by atoms with E-state index in [1.54, 1.807) is 0 Å². The maximum absolute atomic E-state index is 9.55. The lowest BCUT2D eigenvalue weighted by atomic mass is 9.76. The van der Waals surface area contributed by atoms with Crippen molar-refractivity contribution >= 4 is 0 Å². The van der Waals surface area contributed by atoms with E-state index in [1.807, 2.05) is 0 Å². The minimum Gasteiger partial charge on any atom is -0.393 e. The van der Waals surface area contributed by atoms with Crippen molar-refractivity contribution in [1.82, 2.24) is 0 Å². The molecule has 0 heterocycles. The summed E-state index contributed by atoms with van der Waals surface area (Å²) in [5.74, 6) is 1.32. The highest BCUT2D eigenvalue weighted by atomic mass is 16.3. The highest BCUT2D eigenvalue weighted by Crippen LogP contribution is 2.34. The minimum atomic E-state index is -0.0889. The van der Waals surface area contributed by atoms with Crippen LogP contribution >= 0.6 is 0 Å². The number of aliphatic hydroxyl groups excluding tert-OH is 1. The molecule has 2 unspecified atom stereocenters. The van der Waals surface area contributed by atoms with Crippen LogP contribution in [-0.4, -0.2) is 11.2 Å². The summed E-state index contributed by atoms with van der Waals surface area (Å²) < 4.78 is 0. The van der Waals surface area contributed by atoms with E-state index in [1.165, 1.54) is 5.57 Å². The van der Waals surface area contributed by atoms with Gasteiger partial charge in [-0.05, 0) is 31.1 Å². The van der Waals surface area contributed by atoms with Gasteiger partial charge in [0.05, 0.1) is 6.10 Å². The van der Waals surface area contributed by atoms with Crippen LogP contribution in [0.3, 0.4) is 0 Å². The van der Waals surface area contributed by atoms with Crippen LogP contribution in [0, 0.1) is 11.8 Å². The van der Waals surface area contributed by atoms with Gasteiger partial charge in [-0.2, -0.15) is 0 Å². The molecule has 0 aliphatic heterocycles. The second-order valence-corrected chi connectivity index (χ2v) is 4.05. The molecule has 0 radical (unpaired) electrons. The zero-order chi connectivity index (χ0) is 9.14. The molecule has 0 aromatic rings. The standard InChI is InChI=1S/C11H20O/c1-4-5-10-7-11(12)6-8(2)9(10)3/h5,8-9,11-12H,4,6-7H2,1-3H3/b10-5-/t8-,9?,11?/m0/s1. The van der Waals surface area contributed by atoms with Gasteiger partial charge in [0.1, 0.15) is 0 Å². The fraction of sp³-hybridized carbons (Fsp3) is 0.818. The molecule has 1 fully saturated rings. The molecule has 70 valence electrons. The third kappa shape index (κ3) is 2.10. The van der Waals surface area contributed by atoms with E-state index < -0.39 is 0 Å². The lowest BCUT2D eigenvalue weighted by Crippen LogP contribution is -2.26. The Labute approximate surface area is 75.5 Å². The van der Waals surface area contributed by atoms with Crippen molar-refractivity contribution in [3.8, 4) is 0 Å². The van der Waals surface area contributed by atoms with Gasteiger partial charge < -0.3 is 5.11 Å². The third-order valence-corrected chi connectivity index (χ3v) is 3.02. The average molecular weight is 168 g/mol. The zero-order valence-electron chi connectivity index (χ0n) is 8.38. The fourth-order valence-electron chi connectivity index (χ4n) is 2.07. The van der Waals surface area contributed by atoms with Gasteiger partial charge in [-0.15, -0.1) is 0 Å². The van der Waals surface area contributed by atoms with E-state index in [0.29, 0.717) is 11.8 Å². The van der Waals surface area contributed by atoms with Gasteiger partial charge in [-0.1, -0.05) is 32.4 Å². The molecule has 0 saturated heterocycles. The first-order valence-corrected chi connectivity index (χ1v) is 5.02. The van der Waals surface area contributed by atoms with Crippen LogP contribution in [0.1, 0.15) is 40.0 Å². The first-order chi connectivity index (χ1) is 5.65. The van der Waals surface area contributed by atoms with Crippen molar-refractivity contribution < 1.29 is 5.11 Å². The fourth-order valence-corrected chi connectivity index (χ4v) is 2.07. The number of aliphatic hydroxyl groups is 1. The summed E-state index contributed by atoms with van der Waals surface area (Å²) in [4.78, 5) is 0. The molecule has 0 amide bonds. The molecule has 1 aliphatic carbocycles. The second kappa shape index (κ2) is 4.08. The maximum Gasteiger partial charge on any atom is 0.0580 e. The molecular formula is C11H20O. The highest BCUT2D eigenvalue weighted by molar-refractivity contribution is 5.11. The SMILES string of the molecule is CC/C=C1/CC(O)C[C@H](C)C1C. The molecule has 1 heteroatoms. The first kappa shape index (κ1) is 9.79. The van der Waals surface area contributed by atoms with Crippen LogP contribution in [0.4, 0.5) is 0 Å². The summed E-state index contributed by atoms with van der Waals surface area (Å²) in [6.45, 7) is 6.67. The Morgan fingerprint density at radius 2 is 2.17 bits per heavy atom. The molecular weight excluding hydrogens is 148 g/mol. The van der Waals surface area contributed by atoms with Gasteiger partial charge in [-0.25, -0.2) is 0 Å². The first-order valence-electron chi connectivity index (χ1n) is 5.02. The summed E-state index contributed by atoms with van der Waals surface area (Å²) >= 11 is 0. The summed E-state index contributed by atoms with van der Waals surface area (Å²) in [5.41, 5.74) is 1.46. The van der Waals surface area contributed by atoms with E-state index >= 15 is 0 Å². The molecule has 1 nitrogen and oxygen atoms in total. The summed E-state index contributed by atoms with van der Waals surface area (Å²) in [6, 6.07) is 0. The van der Waals surface area contributed by atoms with Crippen LogP contribution in [0.25, 0.3) is 0 Å². The van der Waals surface area contributed by atoms with E-state index in [9.17, 15) is 5.11 Å². The topological polar surface area (TPSA) is 20.2 Å². The van der Waals surface area contributed by atoms with E-state index in [2.05, 4.69) is 26.8 Å². The zero-order valence-corrected chi connectivity index (χ0v) is 8.38. The van der Waals surface area contributed by atoms with Gasteiger partial charge in [0.15, 0.2) is 0 Å². The molecule has 1 rings (SSSR count). The number of rotatable bonds is 1. The molecule has 1 aliphatic rings. The average Bonchev–Trinajstić information content (AvgIpc) is 2.00. The Balaban J connectivity index is 2.66. The monoisotopic (exact) mass is 168 g/mol. The van der Waals surface area contributed by atoms with Gasteiger partial charge in [0.25, 0.3) is 0 Å². The second-order valence-electron chi connectivity index (χ2n) is 4.05. The Morgan fingerprint density at radius 3 is 2.75 bits per heavy atom. The van der Waals surface area contributed by atoms with E-state index in [4.69, 9.17) is 0 Å². The molecule has 3 atom stereocenters. The molecule has 0 spiro atoms. The molecule has 1 saturated carbocycles. The normalized spacial score (nSPS) is 40.3. The summed E-state index contributed by atoms with van der Waals surface area (Å²) in [5, 5.41) is 9.55. The summed E-state index contributed by atoms with van der Waals surface area (Å²) in [7, 11) is 0. The minimum absolute atomic E-state index is 0.0889. The van der Waals surface area contributed by atoms with E-state index in [0.717, 1.165) is 19.3 Å². The summed E-state index contributed by atoms with van der Waals surface area (Å²) in [6.07, 6.45) is 5.17. The van der Waals surface area contributed by atoms with Crippen LogP contribution < -0.4 is 0 Å². The van der Waals surface area contributed by atoms with Crippen molar-refractivity contribution in [2.75, 3.05) is 0 Å². The quantitative estimate of drug-likeness (QED) is 0.597. The molecule has 0 aromatic heterocycles. The molecule has 0 bridgehead atoms. The van der Waals surface area contributed by atoms with Gasteiger partial charge in [-0.3, -0.25) is 0 Å². The van der Waals surface area contributed by atoms with Crippen molar-refractivity contribution in [1.29, 1.82) is 0 Å². The molecule has 1 N–H and O–H groups in total.